The van der Waals surface area contributed by atoms with Crippen LogP contribution in [0.2, 0.25) is 0 Å². The van der Waals surface area contributed by atoms with E-state index in [0.717, 1.165) is 24.1 Å². The molecule has 1 heteroatoms. The molecular formula is C28H49N. The van der Waals surface area contributed by atoms with Crippen LogP contribution in [0.1, 0.15) is 91.0 Å². The Hall–Kier alpha value is -2.02. The van der Waals surface area contributed by atoms with Crippen LogP contribution in [0.5, 0.6) is 0 Å². The van der Waals surface area contributed by atoms with Gasteiger partial charge in [0.05, 0.1) is 0 Å². The van der Waals surface area contributed by atoms with Crippen molar-refractivity contribution >= 4 is 5.57 Å². The molecule has 0 heterocycles. The molecule has 0 spiro atoms. The van der Waals surface area contributed by atoms with E-state index in [1.54, 1.807) is 0 Å². The van der Waals surface area contributed by atoms with Gasteiger partial charge in [0.1, 0.15) is 0 Å². The van der Waals surface area contributed by atoms with Crippen LogP contribution in [-0.4, -0.2) is 0 Å². The molecule has 1 nitrogen and oxygen atoms in total. The summed E-state index contributed by atoms with van der Waals surface area (Å²) in [7, 11) is 0. The van der Waals surface area contributed by atoms with Crippen LogP contribution in [0.15, 0.2) is 54.8 Å². The smallest absolute Gasteiger partial charge is 0.000466 e. The highest BCUT2D eigenvalue weighted by Crippen LogP contribution is 2.24. The van der Waals surface area contributed by atoms with E-state index < -0.39 is 0 Å². The minimum atomic E-state index is 0.657. The zero-order valence-corrected chi connectivity index (χ0v) is 21.4. The summed E-state index contributed by atoms with van der Waals surface area (Å²) in [5, 5.41) is 0. The van der Waals surface area contributed by atoms with Gasteiger partial charge in [-0.05, 0) is 81.2 Å². The third kappa shape index (κ3) is 16.6. The molecule has 0 fully saturated rings. The average molecular weight is 400 g/mol. The van der Waals surface area contributed by atoms with E-state index in [2.05, 4.69) is 79.5 Å². The molecule has 166 valence electrons. The lowest BCUT2D eigenvalue weighted by atomic mass is 9.94. The fourth-order valence-electron chi connectivity index (χ4n) is 2.15. The molecule has 1 aromatic carbocycles. The zero-order chi connectivity index (χ0) is 23.7. The normalized spacial score (nSPS) is 9.86. The Morgan fingerprint density at radius 3 is 1.66 bits per heavy atom. The van der Waals surface area contributed by atoms with Gasteiger partial charge in [-0.1, -0.05) is 90.6 Å². The van der Waals surface area contributed by atoms with Gasteiger partial charge in [-0.15, -0.1) is 0 Å². The topological polar surface area (TPSA) is 26.0 Å². The highest BCUT2D eigenvalue weighted by Gasteiger charge is 2.04. The predicted molar refractivity (Wildman–Crippen MR) is 138 cm³/mol. The van der Waals surface area contributed by atoms with Gasteiger partial charge in [0.15, 0.2) is 0 Å². The Bertz CT molecular complexity index is 657. The molecule has 0 aliphatic heterocycles. The summed E-state index contributed by atoms with van der Waals surface area (Å²) >= 11 is 0. The van der Waals surface area contributed by atoms with Crippen LogP contribution in [0.25, 0.3) is 5.57 Å². The maximum Gasteiger partial charge on any atom is 0.000466 e. The molecule has 0 bridgehead atoms. The molecule has 0 unspecified atom stereocenters. The SMILES string of the molecule is C=C(C)/C=C(/C)c1cc(CC)c(C)cc1C.C=C(C)C(C)C.C=C(N)CC.CC. The monoisotopic (exact) mass is 399 g/mol. The lowest BCUT2D eigenvalue weighted by Gasteiger charge is -2.12. The lowest BCUT2D eigenvalue weighted by molar-refractivity contribution is 0.773. The summed E-state index contributed by atoms with van der Waals surface area (Å²) in [6, 6.07) is 4.60. The molecule has 0 amide bonds. The summed E-state index contributed by atoms with van der Waals surface area (Å²) in [6.07, 6.45) is 4.14. The van der Waals surface area contributed by atoms with Gasteiger partial charge in [0, 0.05) is 5.70 Å². The van der Waals surface area contributed by atoms with Gasteiger partial charge in [-0.25, -0.2) is 0 Å². The van der Waals surface area contributed by atoms with Crippen molar-refractivity contribution in [2.24, 2.45) is 11.7 Å². The van der Waals surface area contributed by atoms with Crippen molar-refractivity contribution in [3.05, 3.63) is 77.0 Å². The molecule has 0 atom stereocenters. The standard InChI is InChI=1S/C16H22.C6H12.C4H9N.C2H6/c1-7-15-10-16(13(5)8-11(2)3)14(6)9-12(15)4;1-5(2)6(3)4;1-3-4(2)5;1-2/h8-10H,2,7H2,1,3-6H3;6H,1H2,2-4H3;2-3,5H2,1H3;1-2H3/b13-8-;;;. The van der Waals surface area contributed by atoms with Crippen LogP contribution in [0.3, 0.4) is 0 Å². The molecule has 1 aromatic rings. The van der Waals surface area contributed by atoms with Crippen LogP contribution >= 0.6 is 0 Å². The minimum absolute atomic E-state index is 0.657. The first-order valence-electron chi connectivity index (χ1n) is 10.9. The maximum absolute atomic E-state index is 5.10. The highest BCUT2D eigenvalue weighted by molar-refractivity contribution is 5.69. The third-order valence-corrected chi connectivity index (χ3v) is 4.39. The molecule has 0 aromatic heterocycles. The average Bonchev–Trinajstić information content (AvgIpc) is 2.63. The van der Waals surface area contributed by atoms with E-state index >= 15 is 0 Å². The Balaban J connectivity index is -0.000000429. The zero-order valence-electron chi connectivity index (χ0n) is 21.4. The van der Waals surface area contributed by atoms with Gasteiger partial charge in [0.25, 0.3) is 0 Å². The Morgan fingerprint density at radius 1 is 0.966 bits per heavy atom. The molecule has 1 rings (SSSR count). The molecule has 2 N–H and O–H groups in total. The van der Waals surface area contributed by atoms with E-state index in [1.165, 1.54) is 33.4 Å². The van der Waals surface area contributed by atoms with Gasteiger partial charge in [0.2, 0.25) is 0 Å². The van der Waals surface area contributed by atoms with Crippen LogP contribution < -0.4 is 5.73 Å². The first-order chi connectivity index (χ1) is 13.4. The van der Waals surface area contributed by atoms with Crippen LogP contribution in [0, 0.1) is 19.8 Å². The summed E-state index contributed by atoms with van der Waals surface area (Å²) in [4.78, 5) is 0. The molecule has 0 aliphatic rings. The van der Waals surface area contributed by atoms with Crippen LogP contribution in [0.4, 0.5) is 0 Å². The number of hydrogen-bond donors (Lipinski definition) is 1. The largest absolute Gasteiger partial charge is 0.403 e. The van der Waals surface area contributed by atoms with Gasteiger partial charge < -0.3 is 5.73 Å². The van der Waals surface area contributed by atoms with Crippen molar-refractivity contribution < 1.29 is 0 Å². The van der Waals surface area contributed by atoms with Crippen molar-refractivity contribution in [2.45, 2.75) is 89.0 Å². The van der Waals surface area contributed by atoms with E-state index in [0.29, 0.717) is 5.92 Å². The fraction of sp³-hybridized carbons (Fsp3) is 0.500. The van der Waals surface area contributed by atoms with Gasteiger partial charge in [-0.3, -0.25) is 0 Å². The quantitative estimate of drug-likeness (QED) is 0.388. The summed E-state index contributed by atoms with van der Waals surface area (Å²) in [5.74, 6) is 0.657. The molecule has 0 aliphatic carbocycles. The van der Waals surface area contributed by atoms with Crippen LogP contribution in [-0.2, 0) is 6.42 Å². The summed E-state index contributed by atoms with van der Waals surface area (Å²) < 4.78 is 0. The molecule has 0 radical (unpaired) electrons. The Morgan fingerprint density at radius 2 is 1.38 bits per heavy atom. The highest BCUT2D eigenvalue weighted by atomic mass is 14.5. The number of benzene rings is 1. The number of allylic oxidation sites excluding steroid dienone is 5. The minimum Gasteiger partial charge on any atom is -0.403 e. The fourth-order valence-corrected chi connectivity index (χ4v) is 2.15. The van der Waals surface area contributed by atoms with Gasteiger partial charge in [-0.2, -0.15) is 0 Å². The van der Waals surface area contributed by atoms with E-state index in [9.17, 15) is 0 Å². The number of aryl methyl sites for hydroxylation is 3. The molecule has 29 heavy (non-hydrogen) atoms. The molecular weight excluding hydrogens is 350 g/mol. The first-order valence-corrected chi connectivity index (χ1v) is 10.9. The first kappa shape index (κ1) is 31.7. The van der Waals surface area contributed by atoms with Crippen molar-refractivity contribution in [2.75, 3.05) is 0 Å². The number of nitrogens with two attached hydrogens (primary N) is 1. The predicted octanol–water partition coefficient (Wildman–Crippen LogP) is 8.96. The molecule has 0 saturated carbocycles. The van der Waals surface area contributed by atoms with Crippen molar-refractivity contribution in [1.82, 2.24) is 0 Å². The Labute approximate surface area is 183 Å². The second kappa shape index (κ2) is 18.0. The van der Waals surface area contributed by atoms with Crippen molar-refractivity contribution in [3.8, 4) is 0 Å². The van der Waals surface area contributed by atoms with E-state index in [4.69, 9.17) is 5.73 Å². The Kier molecular flexibility index (Phi) is 19.7. The summed E-state index contributed by atoms with van der Waals surface area (Å²) in [5.41, 5.74) is 15.1. The third-order valence-electron chi connectivity index (χ3n) is 4.39. The maximum atomic E-state index is 5.10. The van der Waals surface area contributed by atoms with E-state index in [-0.39, 0.29) is 0 Å². The summed E-state index contributed by atoms with van der Waals surface area (Å²) in [6.45, 7) is 34.2. The van der Waals surface area contributed by atoms with Crippen molar-refractivity contribution in [1.29, 1.82) is 0 Å². The van der Waals surface area contributed by atoms with E-state index in [1.807, 2.05) is 34.6 Å². The van der Waals surface area contributed by atoms with Gasteiger partial charge >= 0.3 is 0 Å². The second-order valence-electron chi connectivity index (χ2n) is 7.63. The molecule has 0 saturated heterocycles. The number of rotatable bonds is 5. The van der Waals surface area contributed by atoms with Crippen molar-refractivity contribution in [3.63, 3.8) is 0 Å². The second-order valence-corrected chi connectivity index (χ2v) is 7.63. The lowest BCUT2D eigenvalue weighted by Crippen LogP contribution is -1.93. The number of hydrogen-bond acceptors (Lipinski definition) is 1.